The molecule has 0 aliphatic heterocycles. The molecule has 1 saturated carbocycles. The van der Waals surface area contributed by atoms with E-state index in [4.69, 9.17) is 5.26 Å². The van der Waals surface area contributed by atoms with Crippen LogP contribution in [-0.4, -0.2) is 22.8 Å². The van der Waals surface area contributed by atoms with Gasteiger partial charge in [0.1, 0.15) is 11.6 Å². The van der Waals surface area contributed by atoms with Gasteiger partial charge in [0.25, 0.3) is 11.5 Å². The lowest BCUT2D eigenvalue weighted by atomic mass is 9.99. The Morgan fingerprint density at radius 1 is 1.24 bits per heavy atom. The Bertz CT molecular complexity index is 1070. The lowest BCUT2D eigenvalue weighted by molar-refractivity contribution is -0.116. The van der Waals surface area contributed by atoms with Crippen LogP contribution in [0.1, 0.15) is 57.6 Å². The minimum atomic E-state index is -0.410. The van der Waals surface area contributed by atoms with Crippen LogP contribution in [0, 0.1) is 32.1 Å². The van der Waals surface area contributed by atoms with E-state index < -0.39 is 5.56 Å². The number of anilines is 1. The number of pyridine rings is 1. The second-order valence-corrected chi connectivity index (χ2v) is 7.50. The van der Waals surface area contributed by atoms with Crippen LogP contribution in [0.5, 0.6) is 0 Å². The molecule has 1 aliphatic carbocycles. The first kappa shape index (κ1) is 20.3. The molecular formula is C22H24N4O3. The number of carbonyl (C=O) groups excluding carboxylic acids is 2. The zero-order chi connectivity index (χ0) is 21.1. The van der Waals surface area contributed by atoms with Crippen molar-refractivity contribution in [1.29, 1.82) is 5.26 Å². The van der Waals surface area contributed by atoms with Crippen LogP contribution >= 0.6 is 0 Å². The summed E-state index contributed by atoms with van der Waals surface area (Å²) in [7, 11) is 0. The van der Waals surface area contributed by atoms with E-state index in [0.717, 1.165) is 24.0 Å². The highest BCUT2D eigenvalue weighted by Crippen LogP contribution is 2.22. The minimum absolute atomic E-state index is 0.0798. The normalized spacial score (nSPS) is 12.9. The Hall–Kier alpha value is -3.40. The number of carbonyl (C=O) groups is 2. The molecule has 2 amide bonds. The Morgan fingerprint density at radius 2 is 1.97 bits per heavy atom. The van der Waals surface area contributed by atoms with Gasteiger partial charge >= 0.3 is 0 Å². The van der Waals surface area contributed by atoms with Crippen molar-refractivity contribution < 1.29 is 9.59 Å². The number of nitrogens with one attached hydrogen (secondary N) is 3. The van der Waals surface area contributed by atoms with Gasteiger partial charge in [0, 0.05) is 29.4 Å². The molecule has 150 valence electrons. The molecule has 0 atom stereocenters. The fourth-order valence-corrected chi connectivity index (χ4v) is 3.27. The van der Waals surface area contributed by atoms with Crippen LogP contribution in [0.3, 0.4) is 0 Å². The molecule has 1 aliphatic rings. The van der Waals surface area contributed by atoms with Gasteiger partial charge in [-0.2, -0.15) is 5.26 Å². The van der Waals surface area contributed by atoms with Crippen LogP contribution in [0.2, 0.25) is 0 Å². The van der Waals surface area contributed by atoms with Crippen LogP contribution in [-0.2, 0) is 11.2 Å². The molecule has 3 N–H and O–H groups in total. The van der Waals surface area contributed by atoms with Crippen LogP contribution in [0.4, 0.5) is 5.69 Å². The number of nitrogens with zero attached hydrogens (tertiary/aromatic N) is 1. The predicted molar refractivity (Wildman–Crippen MR) is 110 cm³/mol. The van der Waals surface area contributed by atoms with Gasteiger partial charge in [0.15, 0.2) is 0 Å². The highest BCUT2D eigenvalue weighted by atomic mass is 16.2. The monoisotopic (exact) mass is 392 g/mol. The topological polar surface area (TPSA) is 115 Å². The average molecular weight is 392 g/mol. The summed E-state index contributed by atoms with van der Waals surface area (Å²) < 4.78 is 0. The number of H-pyrrole nitrogens is 1. The van der Waals surface area contributed by atoms with Crippen LogP contribution in [0.15, 0.2) is 23.0 Å². The van der Waals surface area contributed by atoms with E-state index in [0.29, 0.717) is 28.9 Å². The van der Waals surface area contributed by atoms with Crippen molar-refractivity contribution in [3.63, 3.8) is 0 Å². The number of aromatic nitrogens is 1. The first-order valence-corrected chi connectivity index (χ1v) is 9.64. The van der Waals surface area contributed by atoms with E-state index in [1.54, 1.807) is 26.0 Å². The molecule has 7 nitrogen and oxygen atoms in total. The highest BCUT2D eigenvalue weighted by Gasteiger charge is 2.24. The van der Waals surface area contributed by atoms with Gasteiger partial charge in [0.2, 0.25) is 5.91 Å². The van der Waals surface area contributed by atoms with Crippen molar-refractivity contribution >= 4 is 17.5 Å². The van der Waals surface area contributed by atoms with Crippen LogP contribution in [0.25, 0.3) is 0 Å². The first-order chi connectivity index (χ1) is 13.8. The fraction of sp³-hybridized carbons (Fsp3) is 0.364. The quantitative estimate of drug-likeness (QED) is 0.701. The summed E-state index contributed by atoms with van der Waals surface area (Å²) in [5.41, 5.74) is 3.72. The second-order valence-electron chi connectivity index (χ2n) is 7.50. The molecule has 1 heterocycles. The number of amides is 2. The molecule has 0 spiro atoms. The molecule has 29 heavy (non-hydrogen) atoms. The minimum Gasteiger partial charge on any atom is -0.349 e. The standard InChI is InChI=1S/C22H24N4O3/c1-12-4-5-15(21(28)25-16-6-7-16)10-19(12)26-20(27)9-8-17-13(2)18(11-23)22(29)24-14(17)3/h4-5,10,16H,6-9H2,1-3H3,(H,24,29)(H,25,28)(H,26,27). The van der Waals surface area contributed by atoms with Crippen molar-refractivity contribution in [3.05, 3.63) is 62.1 Å². The van der Waals surface area contributed by atoms with E-state index >= 15 is 0 Å². The zero-order valence-electron chi connectivity index (χ0n) is 16.8. The molecular weight excluding hydrogens is 368 g/mol. The third-order valence-electron chi connectivity index (χ3n) is 5.21. The number of hydrogen-bond donors (Lipinski definition) is 3. The molecule has 2 aromatic rings. The number of aryl methyl sites for hydroxylation is 2. The number of hydrogen-bond acceptors (Lipinski definition) is 4. The van der Waals surface area contributed by atoms with Gasteiger partial charge in [-0.15, -0.1) is 0 Å². The molecule has 7 heteroatoms. The van der Waals surface area contributed by atoms with E-state index in [9.17, 15) is 14.4 Å². The molecule has 0 radical (unpaired) electrons. The van der Waals surface area contributed by atoms with Crippen molar-refractivity contribution in [2.24, 2.45) is 0 Å². The highest BCUT2D eigenvalue weighted by molar-refractivity contribution is 5.98. The maximum atomic E-state index is 12.5. The maximum absolute atomic E-state index is 12.5. The number of nitriles is 1. The number of benzene rings is 1. The molecule has 3 rings (SSSR count). The molecule has 0 saturated heterocycles. The predicted octanol–water partition coefficient (Wildman–Crippen LogP) is 2.64. The maximum Gasteiger partial charge on any atom is 0.266 e. The summed E-state index contributed by atoms with van der Waals surface area (Å²) in [6.45, 7) is 5.35. The Morgan fingerprint density at radius 3 is 2.62 bits per heavy atom. The summed E-state index contributed by atoms with van der Waals surface area (Å²) in [5, 5.41) is 15.0. The SMILES string of the molecule is Cc1ccc(C(=O)NC2CC2)cc1NC(=O)CCc1c(C)[nH]c(=O)c(C#N)c1C. The van der Waals surface area contributed by atoms with Crippen LogP contribution < -0.4 is 16.2 Å². The van der Waals surface area contributed by atoms with E-state index in [2.05, 4.69) is 15.6 Å². The molecule has 1 fully saturated rings. The third-order valence-corrected chi connectivity index (χ3v) is 5.21. The summed E-state index contributed by atoms with van der Waals surface area (Å²) in [6.07, 6.45) is 2.61. The lowest BCUT2D eigenvalue weighted by Gasteiger charge is -2.13. The third kappa shape index (κ3) is 4.72. The molecule has 0 unspecified atom stereocenters. The van der Waals surface area contributed by atoms with E-state index in [-0.39, 0.29) is 29.8 Å². The summed E-state index contributed by atoms with van der Waals surface area (Å²) >= 11 is 0. The van der Waals surface area contributed by atoms with Gasteiger partial charge in [-0.3, -0.25) is 14.4 Å². The molecule has 1 aromatic heterocycles. The van der Waals surface area contributed by atoms with Gasteiger partial charge in [-0.05, 0) is 68.9 Å². The Labute approximate surface area is 169 Å². The number of rotatable bonds is 6. The van der Waals surface area contributed by atoms with Crippen molar-refractivity contribution in [2.75, 3.05) is 5.32 Å². The largest absolute Gasteiger partial charge is 0.349 e. The second kappa shape index (κ2) is 8.31. The van der Waals surface area contributed by atoms with Crippen molar-refractivity contribution in [1.82, 2.24) is 10.3 Å². The first-order valence-electron chi connectivity index (χ1n) is 9.64. The van der Waals surface area contributed by atoms with Crippen molar-refractivity contribution in [2.45, 2.75) is 52.5 Å². The number of aromatic amines is 1. The van der Waals surface area contributed by atoms with Gasteiger partial charge in [-0.1, -0.05) is 6.07 Å². The van der Waals surface area contributed by atoms with Gasteiger partial charge in [-0.25, -0.2) is 0 Å². The van der Waals surface area contributed by atoms with Gasteiger partial charge in [0.05, 0.1) is 0 Å². The van der Waals surface area contributed by atoms with E-state index in [1.165, 1.54) is 0 Å². The van der Waals surface area contributed by atoms with E-state index in [1.807, 2.05) is 19.1 Å². The summed E-state index contributed by atoms with van der Waals surface area (Å²) in [6, 6.07) is 7.44. The Kier molecular flexibility index (Phi) is 5.83. The zero-order valence-corrected chi connectivity index (χ0v) is 16.8. The smallest absolute Gasteiger partial charge is 0.266 e. The van der Waals surface area contributed by atoms with Crippen molar-refractivity contribution in [3.8, 4) is 6.07 Å². The van der Waals surface area contributed by atoms with Gasteiger partial charge < -0.3 is 15.6 Å². The molecule has 1 aromatic carbocycles. The summed E-state index contributed by atoms with van der Waals surface area (Å²) in [5.74, 6) is -0.331. The fourth-order valence-electron chi connectivity index (χ4n) is 3.27. The average Bonchev–Trinajstić information content (AvgIpc) is 3.47. The molecule has 0 bridgehead atoms. The lowest BCUT2D eigenvalue weighted by Crippen LogP contribution is -2.25. The summed E-state index contributed by atoms with van der Waals surface area (Å²) in [4.78, 5) is 39.2. The Balaban J connectivity index is 1.69.